The van der Waals surface area contributed by atoms with Crippen LogP contribution in [0.1, 0.15) is 25.3 Å². The lowest BCUT2D eigenvalue weighted by Crippen LogP contribution is -2.19. The molecule has 1 aliphatic carbocycles. The van der Waals surface area contributed by atoms with Crippen LogP contribution >= 0.6 is 11.8 Å². The first-order valence-electron chi connectivity index (χ1n) is 5.24. The number of hydrogen-bond donors (Lipinski definition) is 1. The highest BCUT2D eigenvalue weighted by atomic mass is 32.2. The second-order valence-corrected chi connectivity index (χ2v) is 5.28. The third-order valence-electron chi connectivity index (χ3n) is 3.00. The zero-order valence-electron chi connectivity index (χ0n) is 8.62. The van der Waals surface area contributed by atoms with Crippen LogP contribution in [0.25, 0.3) is 0 Å². The minimum atomic E-state index is 0.338. The van der Waals surface area contributed by atoms with Crippen molar-refractivity contribution >= 4 is 11.8 Å². The van der Waals surface area contributed by atoms with Crippen molar-refractivity contribution in [3.05, 3.63) is 29.8 Å². The van der Waals surface area contributed by atoms with Crippen molar-refractivity contribution in [1.29, 1.82) is 0 Å². The molecular formula is C12H17NS. The molecule has 0 radical (unpaired) electrons. The molecule has 1 nitrogen and oxygen atoms in total. The molecule has 0 heterocycles. The van der Waals surface area contributed by atoms with Crippen LogP contribution < -0.4 is 5.73 Å². The Labute approximate surface area is 90.1 Å². The predicted octanol–water partition coefficient (Wildman–Crippen LogP) is 2.79. The van der Waals surface area contributed by atoms with E-state index in [4.69, 9.17) is 5.73 Å². The van der Waals surface area contributed by atoms with Gasteiger partial charge in [-0.2, -0.15) is 0 Å². The summed E-state index contributed by atoms with van der Waals surface area (Å²) in [6, 6.07) is 8.88. The zero-order chi connectivity index (χ0) is 10.0. The Hall–Kier alpha value is -0.470. The molecule has 0 atom stereocenters. The molecule has 1 aromatic rings. The molecule has 14 heavy (non-hydrogen) atoms. The van der Waals surface area contributed by atoms with Crippen molar-refractivity contribution in [2.75, 3.05) is 12.3 Å². The van der Waals surface area contributed by atoms with E-state index >= 15 is 0 Å². The first-order valence-corrected chi connectivity index (χ1v) is 6.23. The monoisotopic (exact) mass is 207 g/mol. The van der Waals surface area contributed by atoms with Crippen LogP contribution in [0.5, 0.6) is 0 Å². The molecule has 0 aromatic heterocycles. The van der Waals surface area contributed by atoms with E-state index in [0.29, 0.717) is 5.41 Å². The lowest BCUT2D eigenvalue weighted by molar-refractivity contribution is 0.702. The van der Waals surface area contributed by atoms with Crippen LogP contribution in [0.2, 0.25) is 0 Å². The lowest BCUT2D eigenvalue weighted by Gasteiger charge is -2.13. The van der Waals surface area contributed by atoms with E-state index in [1.165, 1.54) is 23.3 Å². The fourth-order valence-corrected chi connectivity index (χ4v) is 2.56. The van der Waals surface area contributed by atoms with E-state index in [0.717, 1.165) is 12.3 Å². The molecule has 1 fully saturated rings. The van der Waals surface area contributed by atoms with Gasteiger partial charge in [0.15, 0.2) is 0 Å². The summed E-state index contributed by atoms with van der Waals surface area (Å²) in [6.45, 7) is 2.99. The molecule has 0 amide bonds. The van der Waals surface area contributed by atoms with Crippen molar-refractivity contribution < 1.29 is 0 Å². The largest absolute Gasteiger partial charge is 0.330 e. The van der Waals surface area contributed by atoms with Gasteiger partial charge in [0.2, 0.25) is 0 Å². The smallest absolute Gasteiger partial charge is 0.00766 e. The summed E-state index contributed by atoms with van der Waals surface area (Å²) in [5.41, 5.74) is 7.60. The zero-order valence-corrected chi connectivity index (χ0v) is 9.44. The number of rotatable bonds is 4. The summed E-state index contributed by atoms with van der Waals surface area (Å²) in [6.07, 6.45) is 2.54. The summed E-state index contributed by atoms with van der Waals surface area (Å²) in [5.74, 6) is 1.14. The highest BCUT2D eigenvalue weighted by Crippen LogP contribution is 2.47. The van der Waals surface area contributed by atoms with Crippen molar-refractivity contribution in [3.63, 3.8) is 0 Å². The third-order valence-corrected chi connectivity index (χ3v) is 3.88. The van der Waals surface area contributed by atoms with Gasteiger partial charge in [0.1, 0.15) is 0 Å². The summed E-state index contributed by atoms with van der Waals surface area (Å²) in [4.78, 5) is 1.38. The number of hydrogen-bond acceptors (Lipinski definition) is 2. The van der Waals surface area contributed by atoms with Gasteiger partial charge in [-0.05, 0) is 36.3 Å². The quantitative estimate of drug-likeness (QED) is 0.768. The molecule has 0 unspecified atom stereocenters. The molecule has 0 aliphatic heterocycles. The number of thioether (sulfide) groups is 1. The first kappa shape index (κ1) is 10.1. The number of nitrogens with two attached hydrogens (primary N) is 1. The maximum Gasteiger partial charge on any atom is 0.00766 e. The second kappa shape index (κ2) is 3.95. The molecule has 0 spiro atoms. The molecule has 1 aromatic carbocycles. The Morgan fingerprint density at radius 2 is 2.21 bits per heavy atom. The Kier molecular flexibility index (Phi) is 2.84. The normalized spacial score (nSPS) is 18.1. The van der Waals surface area contributed by atoms with Crippen LogP contribution in [-0.4, -0.2) is 12.3 Å². The van der Waals surface area contributed by atoms with Crippen molar-refractivity contribution in [3.8, 4) is 0 Å². The van der Waals surface area contributed by atoms with Gasteiger partial charge in [-0.3, -0.25) is 0 Å². The van der Waals surface area contributed by atoms with E-state index in [1.807, 2.05) is 11.8 Å². The lowest BCUT2D eigenvalue weighted by atomic mass is 9.96. The third kappa shape index (κ3) is 1.82. The van der Waals surface area contributed by atoms with Gasteiger partial charge in [-0.25, -0.2) is 0 Å². The van der Waals surface area contributed by atoms with Crippen LogP contribution in [0.4, 0.5) is 0 Å². The van der Waals surface area contributed by atoms with E-state index in [-0.39, 0.29) is 0 Å². The summed E-state index contributed by atoms with van der Waals surface area (Å²) in [5, 5.41) is 0. The standard InChI is InChI=1S/C12H17NS/c1-2-14-11-5-3-4-10(8-11)12(9-13)6-7-12/h3-5,8H,2,6-7,9,13H2,1H3. The van der Waals surface area contributed by atoms with E-state index in [1.54, 1.807) is 0 Å². The molecule has 2 N–H and O–H groups in total. The molecule has 0 saturated heterocycles. The van der Waals surface area contributed by atoms with E-state index < -0.39 is 0 Å². The molecule has 0 bridgehead atoms. The fraction of sp³-hybridized carbons (Fsp3) is 0.500. The SMILES string of the molecule is CCSc1cccc(C2(CN)CC2)c1. The van der Waals surface area contributed by atoms with Gasteiger partial charge in [0.05, 0.1) is 0 Å². The van der Waals surface area contributed by atoms with Gasteiger partial charge < -0.3 is 5.73 Å². The summed E-state index contributed by atoms with van der Waals surface area (Å²) in [7, 11) is 0. The second-order valence-electron chi connectivity index (χ2n) is 3.95. The minimum absolute atomic E-state index is 0.338. The molecule has 1 aliphatic rings. The first-order chi connectivity index (χ1) is 6.80. The predicted molar refractivity (Wildman–Crippen MR) is 62.8 cm³/mol. The van der Waals surface area contributed by atoms with Gasteiger partial charge in [0.25, 0.3) is 0 Å². The van der Waals surface area contributed by atoms with Gasteiger partial charge in [-0.15, -0.1) is 11.8 Å². The molecule has 2 rings (SSSR count). The van der Waals surface area contributed by atoms with Crippen LogP contribution in [0, 0.1) is 0 Å². The Morgan fingerprint density at radius 1 is 1.43 bits per heavy atom. The highest BCUT2D eigenvalue weighted by molar-refractivity contribution is 7.99. The van der Waals surface area contributed by atoms with Crippen molar-refractivity contribution in [2.45, 2.75) is 30.1 Å². The Morgan fingerprint density at radius 3 is 2.79 bits per heavy atom. The van der Waals surface area contributed by atoms with Gasteiger partial charge in [0, 0.05) is 16.9 Å². The van der Waals surface area contributed by atoms with Gasteiger partial charge in [-0.1, -0.05) is 19.1 Å². The summed E-state index contributed by atoms with van der Waals surface area (Å²) >= 11 is 1.90. The van der Waals surface area contributed by atoms with Crippen molar-refractivity contribution in [1.82, 2.24) is 0 Å². The maximum absolute atomic E-state index is 5.82. The molecular weight excluding hydrogens is 190 g/mol. The maximum atomic E-state index is 5.82. The molecule has 2 heteroatoms. The van der Waals surface area contributed by atoms with Crippen LogP contribution in [0.3, 0.4) is 0 Å². The fourth-order valence-electron chi connectivity index (χ4n) is 1.84. The topological polar surface area (TPSA) is 26.0 Å². The Balaban J connectivity index is 2.22. The highest BCUT2D eigenvalue weighted by Gasteiger charge is 2.42. The van der Waals surface area contributed by atoms with Crippen LogP contribution in [0.15, 0.2) is 29.2 Å². The number of benzene rings is 1. The Bertz CT molecular complexity index is 318. The van der Waals surface area contributed by atoms with Gasteiger partial charge >= 0.3 is 0 Å². The molecule has 1 saturated carbocycles. The average Bonchev–Trinajstić information content (AvgIpc) is 2.99. The molecule has 76 valence electrons. The summed E-state index contributed by atoms with van der Waals surface area (Å²) < 4.78 is 0. The average molecular weight is 207 g/mol. The van der Waals surface area contributed by atoms with Crippen LogP contribution in [-0.2, 0) is 5.41 Å². The minimum Gasteiger partial charge on any atom is -0.330 e. The van der Waals surface area contributed by atoms with E-state index in [2.05, 4.69) is 31.2 Å². The van der Waals surface area contributed by atoms with E-state index in [9.17, 15) is 0 Å². The van der Waals surface area contributed by atoms with Crippen molar-refractivity contribution in [2.24, 2.45) is 5.73 Å².